The van der Waals surface area contributed by atoms with Gasteiger partial charge in [-0.15, -0.1) is 11.3 Å². The van der Waals surface area contributed by atoms with Crippen LogP contribution in [0.2, 0.25) is 0 Å². The molecule has 0 unspecified atom stereocenters. The molecule has 0 radical (unpaired) electrons. The maximum Gasteiger partial charge on any atom is 0.309 e. The van der Waals surface area contributed by atoms with Crippen LogP contribution in [0.5, 0.6) is 0 Å². The third kappa shape index (κ3) is 2.59. The number of fused-ring (bicyclic) bond motifs is 3. The van der Waals surface area contributed by atoms with Gasteiger partial charge in [0.25, 0.3) is 11.5 Å². The Hall–Kier alpha value is -2.67. The van der Waals surface area contributed by atoms with E-state index in [9.17, 15) is 19.5 Å². The van der Waals surface area contributed by atoms with Crippen LogP contribution >= 0.6 is 11.3 Å². The Bertz CT molecular complexity index is 1090. The Morgan fingerprint density at radius 2 is 1.88 bits per heavy atom. The lowest BCUT2D eigenvalue weighted by Crippen LogP contribution is -2.45. The van der Waals surface area contributed by atoms with Gasteiger partial charge in [-0.25, -0.2) is 0 Å². The van der Waals surface area contributed by atoms with E-state index in [1.54, 1.807) is 17.9 Å². The van der Waals surface area contributed by atoms with E-state index in [0.717, 1.165) is 15.6 Å². The number of likely N-dealkylation sites (tertiary alicyclic amines) is 1. The lowest BCUT2D eigenvalue weighted by atomic mass is 9.80. The van der Waals surface area contributed by atoms with Crippen molar-refractivity contribution in [3.05, 3.63) is 45.6 Å². The summed E-state index contributed by atoms with van der Waals surface area (Å²) in [5, 5.41) is 10.8. The largest absolute Gasteiger partial charge is 0.481 e. The molecule has 1 aliphatic rings. The molecule has 1 saturated heterocycles. The minimum Gasteiger partial charge on any atom is -0.481 e. The van der Waals surface area contributed by atoms with Gasteiger partial charge in [-0.2, -0.15) is 0 Å². The molecule has 0 aliphatic carbocycles. The summed E-state index contributed by atoms with van der Waals surface area (Å²) in [5.41, 5.74) is -0.225. The van der Waals surface area contributed by atoms with Crippen LogP contribution in [0, 0.1) is 5.41 Å². The molecule has 3 heterocycles. The fraction of sp³-hybridized carbons (Fsp3) is 0.316. The first kappa shape index (κ1) is 16.8. The van der Waals surface area contributed by atoms with Crippen molar-refractivity contribution in [3.8, 4) is 0 Å². The first-order chi connectivity index (χ1) is 12.4. The molecule has 26 heavy (non-hydrogen) atoms. The highest BCUT2D eigenvalue weighted by atomic mass is 32.1. The molecular formula is C19H18N2O4S. The second kappa shape index (κ2) is 5.95. The molecule has 1 aromatic carbocycles. The van der Waals surface area contributed by atoms with Crippen LogP contribution in [0.1, 0.15) is 29.4 Å². The molecule has 7 heteroatoms. The van der Waals surface area contributed by atoms with Crippen molar-refractivity contribution in [3.63, 3.8) is 0 Å². The van der Waals surface area contributed by atoms with E-state index >= 15 is 0 Å². The van der Waals surface area contributed by atoms with Gasteiger partial charge in [-0.05, 0) is 31.9 Å². The molecule has 0 saturated carbocycles. The lowest BCUT2D eigenvalue weighted by Gasteiger charge is -2.36. The molecule has 0 bridgehead atoms. The number of hydrogen-bond acceptors (Lipinski definition) is 4. The van der Waals surface area contributed by atoms with Crippen LogP contribution in [0.3, 0.4) is 0 Å². The first-order valence-electron chi connectivity index (χ1n) is 8.46. The Balaban J connectivity index is 1.68. The van der Waals surface area contributed by atoms with Crippen LogP contribution in [-0.2, 0) is 4.79 Å². The molecule has 1 fully saturated rings. The number of amides is 1. The number of piperidine rings is 1. The number of pyridine rings is 1. The third-order valence-electron chi connectivity index (χ3n) is 5.28. The van der Waals surface area contributed by atoms with E-state index in [2.05, 4.69) is 4.98 Å². The number of aromatic nitrogens is 1. The number of aromatic amines is 1. The third-order valence-corrected chi connectivity index (χ3v) is 6.43. The summed E-state index contributed by atoms with van der Waals surface area (Å²) in [5.74, 6) is -0.952. The van der Waals surface area contributed by atoms with Crippen molar-refractivity contribution in [2.75, 3.05) is 13.1 Å². The van der Waals surface area contributed by atoms with E-state index in [-0.39, 0.29) is 11.5 Å². The van der Waals surface area contributed by atoms with Crippen molar-refractivity contribution < 1.29 is 14.7 Å². The second-order valence-corrected chi connectivity index (χ2v) is 8.06. The number of aliphatic carboxylic acids is 1. The highest BCUT2D eigenvalue weighted by Gasteiger charge is 2.38. The molecule has 2 aromatic heterocycles. The predicted molar refractivity (Wildman–Crippen MR) is 101 cm³/mol. The maximum absolute atomic E-state index is 12.9. The highest BCUT2D eigenvalue weighted by Crippen LogP contribution is 2.34. The molecule has 4 rings (SSSR count). The van der Waals surface area contributed by atoms with Gasteiger partial charge in [-0.1, -0.05) is 18.2 Å². The maximum atomic E-state index is 12.9. The van der Waals surface area contributed by atoms with Crippen LogP contribution in [-0.4, -0.2) is 40.0 Å². The van der Waals surface area contributed by atoms with Crippen LogP contribution < -0.4 is 5.56 Å². The molecule has 1 aliphatic heterocycles. The Morgan fingerprint density at radius 1 is 1.19 bits per heavy atom. The van der Waals surface area contributed by atoms with Crippen LogP contribution in [0.4, 0.5) is 0 Å². The SMILES string of the molecule is CC1(C(=O)O)CCN(C(=O)c2cc3c(=O)[nH]c4ccccc4c3s2)CC1. The number of rotatable bonds is 2. The topological polar surface area (TPSA) is 90.5 Å². The number of carbonyl (C=O) groups is 2. The van der Waals surface area contributed by atoms with E-state index in [1.165, 1.54) is 11.3 Å². The molecular weight excluding hydrogens is 352 g/mol. The minimum absolute atomic E-state index is 0.137. The zero-order valence-electron chi connectivity index (χ0n) is 14.2. The summed E-state index contributed by atoms with van der Waals surface area (Å²) < 4.78 is 0.806. The smallest absolute Gasteiger partial charge is 0.309 e. The van der Waals surface area contributed by atoms with E-state index in [4.69, 9.17) is 0 Å². The standard InChI is InChI=1S/C19H18N2O4S/c1-19(18(24)25)6-8-21(9-7-19)17(23)14-10-12-15(26-14)11-4-2-3-5-13(11)20-16(12)22/h2-5,10H,6-9H2,1H3,(H,20,22)(H,24,25). The van der Waals surface area contributed by atoms with Crippen molar-refractivity contribution >= 4 is 44.2 Å². The van der Waals surface area contributed by atoms with Gasteiger partial charge in [0, 0.05) is 28.7 Å². The number of nitrogens with one attached hydrogen (secondary N) is 1. The summed E-state index contributed by atoms with van der Waals surface area (Å²) in [4.78, 5) is 41.6. The number of para-hydroxylation sites is 1. The van der Waals surface area contributed by atoms with E-state index in [1.807, 2.05) is 24.3 Å². The molecule has 134 valence electrons. The van der Waals surface area contributed by atoms with Crippen molar-refractivity contribution in [2.24, 2.45) is 5.41 Å². The monoisotopic (exact) mass is 370 g/mol. The minimum atomic E-state index is -0.815. The molecule has 1 amide bonds. The fourth-order valence-corrected chi connectivity index (χ4v) is 4.58. The zero-order valence-corrected chi connectivity index (χ0v) is 15.1. The van der Waals surface area contributed by atoms with Gasteiger partial charge in [0.15, 0.2) is 0 Å². The number of carboxylic acids is 1. The summed E-state index contributed by atoms with van der Waals surface area (Å²) >= 11 is 1.32. The molecule has 2 N–H and O–H groups in total. The van der Waals surface area contributed by atoms with Crippen molar-refractivity contribution in [1.29, 1.82) is 0 Å². The highest BCUT2D eigenvalue weighted by molar-refractivity contribution is 7.21. The van der Waals surface area contributed by atoms with Gasteiger partial charge >= 0.3 is 5.97 Å². The van der Waals surface area contributed by atoms with Crippen LogP contribution in [0.25, 0.3) is 21.0 Å². The molecule has 0 atom stereocenters. The number of thiophene rings is 1. The molecule has 0 spiro atoms. The summed E-state index contributed by atoms with van der Waals surface area (Å²) in [7, 11) is 0. The predicted octanol–water partition coefficient (Wildman–Crippen LogP) is 3.07. The number of benzene rings is 1. The summed E-state index contributed by atoms with van der Waals surface area (Å²) in [6.07, 6.45) is 0.866. The van der Waals surface area contributed by atoms with Gasteiger partial charge < -0.3 is 15.0 Å². The van der Waals surface area contributed by atoms with Crippen LogP contribution in [0.15, 0.2) is 35.1 Å². The van der Waals surface area contributed by atoms with E-state index in [0.29, 0.717) is 36.2 Å². The Labute approximate surface area is 153 Å². The Morgan fingerprint density at radius 3 is 2.58 bits per heavy atom. The average Bonchev–Trinajstić information content (AvgIpc) is 3.08. The Kier molecular flexibility index (Phi) is 3.84. The average molecular weight is 370 g/mol. The molecule has 3 aromatic rings. The number of H-pyrrole nitrogens is 1. The normalized spacial score (nSPS) is 16.9. The van der Waals surface area contributed by atoms with Gasteiger partial charge in [-0.3, -0.25) is 14.4 Å². The number of nitrogens with zero attached hydrogens (tertiary/aromatic N) is 1. The van der Waals surface area contributed by atoms with Crippen molar-refractivity contribution in [2.45, 2.75) is 19.8 Å². The summed E-state index contributed by atoms with van der Waals surface area (Å²) in [6.45, 7) is 2.54. The van der Waals surface area contributed by atoms with Gasteiger partial charge in [0.1, 0.15) is 0 Å². The van der Waals surface area contributed by atoms with Gasteiger partial charge in [0.05, 0.1) is 15.7 Å². The number of carboxylic acid groups (broad SMARTS) is 1. The van der Waals surface area contributed by atoms with E-state index < -0.39 is 11.4 Å². The first-order valence-corrected chi connectivity index (χ1v) is 9.28. The number of carbonyl (C=O) groups excluding carboxylic acids is 1. The van der Waals surface area contributed by atoms with Gasteiger partial charge in [0.2, 0.25) is 0 Å². The van der Waals surface area contributed by atoms with Crippen molar-refractivity contribution in [1.82, 2.24) is 9.88 Å². The zero-order chi connectivity index (χ0) is 18.5. The lowest BCUT2D eigenvalue weighted by molar-refractivity contribution is -0.150. The summed E-state index contributed by atoms with van der Waals surface area (Å²) in [6, 6.07) is 9.18. The second-order valence-electron chi connectivity index (χ2n) is 7.01. The quantitative estimate of drug-likeness (QED) is 0.725. The fourth-order valence-electron chi connectivity index (χ4n) is 3.42. The molecule has 6 nitrogen and oxygen atoms in total. The number of hydrogen-bond donors (Lipinski definition) is 2.